The topological polar surface area (TPSA) is 60.4 Å². The summed E-state index contributed by atoms with van der Waals surface area (Å²) in [5, 5.41) is 10.6. The van der Waals surface area contributed by atoms with Gasteiger partial charge in [0.15, 0.2) is 0 Å². The summed E-state index contributed by atoms with van der Waals surface area (Å²) < 4.78 is 2.81. The number of pyridine rings is 1. The minimum absolute atomic E-state index is 0.0843. The summed E-state index contributed by atoms with van der Waals surface area (Å²) in [7, 11) is 0. The first-order valence-corrected chi connectivity index (χ1v) is 6.99. The average Bonchev–Trinajstić information content (AvgIpc) is 2.82. The first-order valence-electron chi connectivity index (χ1n) is 6.20. The second-order valence-electron chi connectivity index (χ2n) is 4.40. The van der Waals surface area contributed by atoms with Gasteiger partial charge in [-0.3, -0.25) is 14.5 Å². The van der Waals surface area contributed by atoms with Gasteiger partial charge in [0.1, 0.15) is 10.3 Å². The van der Waals surface area contributed by atoms with E-state index in [2.05, 4.69) is 20.9 Å². The maximum atomic E-state index is 10.6. The molecule has 1 aromatic carbocycles. The first-order chi connectivity index (χ1) is 10.1. The predicted molar refractivity (Wildman–Crippen MR) is 84.9 cm³/mol. The Balaban J connectivity index is 1.90. The smallest absolute Gasteiger partial charge is 0.269 e. The van der Waals surface area contributed by atoms with Gasteiger partial charge < -0.3 is 0 Å². The van der Waals surface area contributed by atoms with Crippen molar-refractivity contribution in [3.05, 3.63) is 74.6 Å². The molecule has 0 fully saturated rings. The highest BCUT2D eigenvalue weighted by Gasteiger charge is 2.06. The van der Waals surface area contributed by atoms with Crippen molar-refractivity contribution in [3.63, 3.8) is 0 Å². The van der Waals surface area contributed by atoms with E-state index in [0.29, 0.717) is 0 Å². The lowest BCUT2D eigenvalue weighted by molar-refractivity contribution is -0.384. The Morgan fingerprint density at radius 3 is 2.57 bits per heavy atom. The minimum atomic E-state index is -0.411. The molecule has 104 valence electrons. The van der Waals surface area contributed by atoms with Gasteiger partial charge in [-0.25, -0.2) is 4.98 Å². The molecular formula is C15H10BrN3O2. The highest BCUT2D eigenvalue weighted by atomic mass is 79.9. The molecular weight excluding hydrogens is 334 g/mol. The second kappa shape index (κ2) is 5.49. The number of nitro groups is 1. The zero-order chi connectivity index (χ0) is 14.8. The maximum absolute atomic E-state index is 10.6. The van der Waals surface area contributed by atoms with Crippen molar-refractivity contribution >= 4 is 39.4 Å². The van der Waals surface area contributed by atoms with Crippen LogP contribution in [0, 0.1) is 10.1 Å². The van der Waals surface area contributed by atoms with E-state index in [4.69, 9.17) is 0 Å². The molecule has 0 amide bonds. The van der Waals surface area contributed by atoms with Crippen LogP contribution >= 0.6 is 15.9 Å². The molecule has 0 N–H and O–H groups in total. The zero-order valence-electron chi connectivity index (χ0n) is 10.8. The molecule has 0 saturated carbocycles. The van der Waals surface area contributed by atoms with Gasteiger partial charge in [0.25, 0.3) is 5.69 Å². The molecule has 0 unspecified atom stereocenters. The standard InChI is InChI=1S/C15H10BrN3O2/c16-15-13(17-14-3-1-2-10-18(14)15)9-6-11-4-7-12(8-5-11)19(20)21/h1-10H/b9-6+. The van der Waals surface area contributed by atoms with Crippen LogP contribution in [0.5, 0.6) is 0 Å². The van der Waals surface area contributed by atoms with Crippen LogP contribution < -0.4 is 0 Å². The fraction of sp³-hybridized carbons (Fsp3) is 0. The van der Waals surface area contributed by atoms with Gasteiger partial charge in [-0.05, 0) is 51.8 Å². The van der Waals surface area contributed by atoms with E-state index in [1.165, 1.54) is 12.1 Å². The third-order valence-electron chi connectivity index (χ3n) is 3.03. The minimum Gasteiger partial charge on any atom is -0.294 e. The molecule has 5 nitrogen and oxygen atoms in total. The molecule has 0 saturated heterocycles. The largest absolute Gasteiger partial charge is 0.294 e. The number of rotatable bonds is 3. The first kappa shape index (κ1) is 13.5. The van der Waals surface area contributed by atoms with E-state index >= 15 is 0 Å². The van der Waals surface area contributed by atoms with Crippen LogP contribution in [-0.4, -0.2) is 14.3 Å². The predicted octanol–water partition coefficient (Wildman–Crippen LogP) is 4.18. The molecule has 2 heterocycles. The van der Waals surface area contributed by atoms with Crippen molar-refractivity contribution < 1.29 is 4.92 Å². The number of hydrogen-bond donors (Lipinski definition) is 0. The number of nitrogens with zero attached hydrogens (tertiary/aromatic N) is 3. The van der Waals surface area contributed by atoms with Crippen LogP contribution in [0.3, 0.4) is 0 Å². The highest BCUT2D eigenvalue weighted by molar-refractivity contribution is 9.10. The Hall–Kier alpha value is -2.47. The van der Waals surface area contributed by atoms with Gasteiger partial charge in [-0.15, -0.1) is 0 Å². The third kappa shape index (κ3) is 2.71. The average molecular weight is 344 g/mol. The molecule has 0 radical (unpaired) electrons. The summed E-state index contributed by atoms with van der Waals surface area (Å²) in [6, 6.07) is 12.2. The Bertz CT molecular complexity index is 838. The van der Waals surface area contributed by atoms with E-state index in [1.54, 1.807) is 12.1 Å². The van der Waals surface area contributed by atoms with Gasteiger partial charge in [-0.1, -0.05) is 12.1 Å². The number of nitro benzene ring substituents is 1. The van der Waals surface area contributed by atoms with Crippen molar-refractivity contribution in [1.82, 2.24) is 9.38 Å². The van der Waals surface area contributed by atoms with E-state index in [0.717, 1.165) is 21.5 Å². The zero-order valence-corrected chi connectivity index (χ0v) is 12.4. The lowest BCUT2D eigenvalue weighted by Crippen LogP contribution is -1.86. The van der Waals surface area contributed by atoms with Crippen LogP contribution in [0.15, 0.2) is 53.3 Å². The number of hydrogen-bond acceptors (Lipinski definition) is 3. The third-order valence-corrected chi connectivity index (χ3v) is 3.82. The number of halogens is 1. The molecule has 3 aromatic rings. The lowest BCUT2D eigenvalue weighted by Gasteiger charge is -1.94. The second-order valence-corrected chi connectivity index (χ2v) is 5.15. The van der Waals surface area contributed by atoms with E-state index in [-0.39, 0.29) is 5.69 Å². The highest BCUT2D eigenvalue weighted by Crippen LogP contribution is 2.21. The lowest BCUT2D eigenvalue weighted by atomic mass is 10.2. The van der Waals surface area contributed by atoms with Gasteiger partial charge in [0.05, 0.1) is 10.6 Å². The normalized spacial score (nSPS) is 11.3. The van der Waals surface area contributed by atoms with Crippen LogP contribution in [0.25, 0.3) is 17.8 Å². The quantitative estimate of drug-likeness (QED) is 0.529. The molecule has 0 aliphatic heterocycles. The summed E-state index contributed by atoms with van der Waals surface area (Å²) in [6.07, 6.45) is 5.67. The Morgan fingerprint density at radius 2 is 1.90 bits per heavy atom. The van der Waals surface area contributed by atoms with Crippen molar-refractivity contribution in [2.75, 3.05) is 0 Å². The number of non-ortho nitro benzene ring substituents is 1. The molecule has 21 heavy (non-hydrogen) atoms. The Labute approximate surface area is 128 Å². The summed E-state index contributed by atoms with van der Waals surface area (Å²) in [6.45, 7) is 0. The number of benzene rings is 1. The van der Waals surface area contributed by atoms with Crippen LogP contribution in [0.1, 0.15) is 11.3 Å². The van der Waals surface area contributed by atoms with Gasteiger partial charge in [0.2, 0.25) is 0 Å². The van der Waals surface area contributed by atoms with Gasteiger partial charge >= 0.3 is 0 Å². The monoisotopic (exact) mass is 343 g/mol. The number of imidazole rings is 1. The van der Waals surface area contributed by atoms with Crippen LogP contribution in [-0.2, 0) is 0 Å². The molecule has 0 aliphatic carbocycles. The summed E-state index contributed by atoms with van der Waals surface area (Å²) in [4.78, 5) is 14.7. The maximum Gasteiger partial charge on any atom is 0.269 e. The molecule has 0 spiro atoms. The Morgan fingerprint density at radius 1 is 1.14 bits per heavy atom. The summed E-state index contributed by atoms with van der Waals surface area (Å²) >= 11 is 3.52. The van der Waals surface area contributed by atoms with Crippen molar-refractivity contribution in [2.45, 2.75) is 0 Å². The molecule has 6 heteroatoms. The fourth-order valence-electron chi connectivity index (χ4n) is 1.97. The van der Waals surface area contributed by atoms with Crippen molar-refractivity contribution in [2.24, 2.45) is 0 Å². The molecule has 2 aromatic heterocycles. The molecule has 0 bridgehead atoms. The SMILES string of the molecule is O=[N+]([O-])c1ccc(/C=C/c2nc3ccccn3c2Br)cc1. The molecule has 0 aliphatic rings. The van der Waals surface area contributed by atoms with E-state index < -0.39 is 4.92 Å². The van der Waals surface area contributed by atoms with Gasteiger partial charge in [-0.2, -0.15) is 0 Å². The Kier molecular flexibility index (Phi) is 3.53. The van der Waals surface area contributed by atoms with Crippen molar-refractivity contribution in [1.29, 1.82) is 0 Å². The van der Waals surface area contributed by atoms with Crippen LogP contribution in [0.2, 0.25) is 0 Å². The molecule has 0 atom stereocenters. The molecule has 3 rings (SSSR count). The summed E-state index contributed by atoms with van der Waals surface area (Å²) in [5.41, 5.74) is 2.62. The van der Waals surface area contributed by atoms with Crippen LogP contribution in [0.4, 0.5) is 5.69 Å². The van der Waals surface area contributed by atoms with Crippen molar-refractivity contribution in [3.8, 4) is 0 Å². The van der Waals surface area contributed by atoms with E-state index in [1.807, 2.05) is 40.9 Å². The fourth-order valence-corrected chi connectivity index (χ4v) is 2.49. The van der Waals surface area contributed by atoms with E-state index in [9.17, 15) is 10.1 Å². The summed E-state index contributed by atoms with van der Waals surface area (Å²) in [5.74, 6) is 0. The number of aromatic nitrogens is 2. The number of fused-ring (bicyclic) bond motifs is 1. The van der Waals surface area contributed by atoms with Gasteiger partial charge in [0, 0.05) is 18.3 Å².